The number of hydrogen-bond donors (Lipinski definition) is 2. The summed E-state index contributed by atoms with van der Waals surface area (Å²) < 4.78 is 36.2. The molecule has 0 unspecified atom stereocenters. The molecule has 2 amide bonds. The van der Waals surface area contributed by atoms with E-state index in [4.69, 9.17) is 18.7 Å². The fourth-order valence-corrected chi connectivity index (χ4v) is 3.04. The van der Waals surface area contributed by atoms with Gasteiger partial charge in [0.05, 0.1) is 23.7 Å². The maximum Gasteiger partial charge on any atom is 0.324 e. The summed E-state index contributed by atoms with van der Waals surface area (Å²) >= 11 is 0. The van der Waals surface area contributed by atoms with Crippen molar-refractivity contribution in [3.8, 4) is 17.5 Å². The molecule has 0 bridgehead atoms. The highest BCUT2D eigenvalue weighted by Crippen LogP contribution is 2.31. The van der Waals surface area contributed by atoms with Crippen molar-refractivity contribution in [1.29, 1.82) is 0 Å². The topological polar surface area (TPSA) is 134 Å². The molecule has 12 heteroatoms. The fraction of sp³-hybridized carbons (Fsp3) is 0.292. The molecule has 0 saturated carbocycles. The second-order valence-corrected chi connectivity index (χ2v) is 8.71. The van der Waals surface area contributed by atoms with Crippen molar-refractivity contribution in [3.63, 3.8) is 0 Å². The third-order valence-corrected chi connectivity index (χ3v) is 4.88. The summed E-state index contributed by atoms with van der Waals surface area (Å²) in [6.07, 6.45) is 2.80. The maximum atomic E-state index is 14.8. The molecule has 3 heterocycles. The van der Waals surface area contributed by atoms with Crippen molar-refractivity contribution in [2.24, 2.45) is 0 Å². The number of carbonyl (C=O) groups is 1. The van der Waals surface area contributed by atoms with Crippen LogP contribution in [0.3, 0.4) is 0 Å². The summed E-state index contributed by atoms with van der Waals surface area (Å²) in [6.45, 7) is 6.58. The fourth-order valence-electron chi connectivity index (χ4n) is 3.04. The van der Waals surface area contributed by atoms with Gasteiger partial charge in [0.15, 0.2) is 17.4 Å². The Labute approximate surface area is 206 Å². The molecule has 0 aliphatic carbocycles. The van der Waals surface area contributed by atoms with Gasteiger partial charge in [-0.05, 0) is 12.1 Å². The molecule has 4 aromatic rings. The highest BCUT2D eigenvalue weighted by molar-refractivity contribution is 5.99. The number of nitrogens with zero attached hydrogens (tertiary/aromatic N) is 4. The predicted octanol–water partition coefficient (Wildman–Crippen LogP) is 4.91. The van der Waals surface area contributed by atoms with E-state index in [0.717, 1.165) is 6.07 Å². The quantitative estimate of drug-likeness (QED) is 0.326. The number of aromatic nitrogens is 4. The third-order valence-electron chi connectivity index (χ3n) is 4.88. The molecule has 11 nitrogen and oxygen atoms in total. The monoisotopic (exact) mass is 496 g/mol. The first-order valence-corrected chi connectivity index (χ1v) is 11.0. The van der Waals surface area contributed by atoms with E-state index in [0.29, 0.717) is 35.8 Å². The first-order chi connectivity index (χ1) is 17.2. The van der Waals surface area contributed by atoms with Crippen LogP contribution in [0.25, 0.3) is 10.9 Å². The van der Waals surface area contributed by atoms with E-state index in [1.165, 1.54) is 24.7 Å². The van der Waals surface area contributed by atoms with Gasteiger partial charge in [-0.2, -0.15) is 0 Å². The molecular weight excluding hydrogens is 471 g/mol. The van der Waals surface area contributed by atoms with Crippen LogP contribution in [0.5, 0.6) is 17.5 Å². The zero-order chi connectivity index (χ0) is 25.7. The predicted molar refractivity (Wildman–Crippen MR) is 129 cm³/mol. The van der Waals surface area contributed by atoms with Crippen LogP contribution >= 0.6 is 0 Å². The standard InChI is InChI=1S/C24H25FN6O5/c1-24(2,3)19-11-20(31-36-19)30-23(32)29-14-5-6-18(16(25)9-14)35-22-15-10-21(34-8-7-33-4)26-12-17(15)27-13-28-22/h5-6,9-13H,7-8H2,1-4H3,(H2,29,30,31,32). The average molecular weight is 496 g/mol. The second kappa shape index (κ2) is 10.5. The smallest absolute Gasteiger partial charge is 0.324 e. The number of fused-ring (bicyclic) bond motifs is 1. The molecule has 4 rings (SSSR count). The molecule has 0 atom stereocenters. The number of pyridine rings is 1. The summed E-state index contributed by atoms with van der Waals surface area (Å²) in [6, 6.07) is 6.63. The molecular formula is C24H25FN6O5. The van der Waals surface area contributed by atoms with Crippen molar-refractivity contribution in [2.45, 2.75) is 26.2 Å². The van der Waals surface area contributed by atoms with Crippen LogP contribution in [-0.2, 0) is 10.2 Å². The average Bonchev–Trinajstić information content (AvgIpc) is 3.30. The molecule has 1 aromatic carbocycles. The minimum Gasteiger partial charge on any atom is -0.475 e. The number of rotatable bonds is 8. The Hall–Kier alpha value is -4.32. The van der Waals surface area contributed by atoms with Gasteiger partial charge in [-0.1, -0.05) is 25.9 Å². The highest BCUT2D eigenvalue weighted by atomic mass is 19.1. The summed E-state index contributed by atoms with van der Waals surface area (Å²) in [5.74, 6) is 0.511. The number of amides is 2. The van der Waals surface area contributed by atoms with Crippen molar-refractivity contribution < 1.29 is 27.9 Å². The number of halogens is 1. The van der Waals surface area contributed by atoms with Gasteiger partial charge in [0.2, 0.25) is 11.8 Å². The molecule has 36 heavy (non-hydrogen) atoms. The van der Waals surface area contributed by atoms with Gasteiger partial charge >= 0.3 is 6.03 Å². The second-order valence-electron chi connectivity index (χ2n) is 8.71. The van der Waals surface area contributed by atoms with Gasteiger partial charge in [0.1, 0.15) is 18.7 Å². The number of urea groups is 1. The Morgan fingerprint density at radius 2 is 1.92 bits per heavy atom. The molecule has 0 aliphatic heterocycles. The lowest BCUT2D eigenvalue weighted by atomic mass is 9.93. The van der Waals surface area contributed by atoms with Crippen LogP contribution in [0.4, 0.5) is 20.7 Å². The van der Waals surface area contributed by atoms with Crippen molar-refractivity contribution >= 4 is 28.4 Å². The number of benzene rings is 1. The number of ether oxygens (including phenoxy) is 3. The minimum absolute atomic E-state index is 0.0917. The first-order valence-electron chi connectivity index (χ1n) is 11.0. The summed E-state index contributed by atoms with van der Waals surface area (Å²) in [5.41, 5.74) is 0.450. The van der Waals surface area contributed by atoms with Crippen molar-refractivity contribution in [1.82, 2.24) is 20.1 Å². The Bertz CT molecular complexity index is 1370. The molecule has 0 fully saturated rings. The van der Waals surface area contributed by atoms with E-state index < -0.39 is 11.8 Å². The summed E-state index contributed by atoms with van der Waals surface area (Å²) in [7, 11) is 1.57. The summed E-state index contributed by atoms with van der Waals surface area (Å²) in [4.78, 5) is 24.7. The first kappa shape index (κ1) is 24.8. The highest BCUT2D eigenvalue weighted by Gasteiger charge is 2.20. The Morgan fingerprint density at radius 3 is 2.64 bits per heavy atom. The number of hydrogen-bond acceptors (Lipinski definition) is 9. The van der Waals surface area contributed by atoms with Crippen molar-refractivity contribution in [3.05, 3.63) is 54.4 Å². The van der Waals surface area contributed by atoms with Crippen LogP contribution in [-0.4, -0.2) is 46.5 Å². The molecule has 2 N–H and O–H groups in total. The lowest BCUT2D eigenvalue weighted by Gasteiger charge is -2.12. The SMILES string of the molecule is COCCOc1cc2c(Oc3ccc(NC(=O)Nc4cc(C(C)(C)C)on4)cc3F)ncnc2cn1. The van der Waals surface area contributed by atoms with E-state index in [9.17, 15) is 9.18 Å². The van der Waals surface area contributed by atoms with Gasteiger partial charge in [0, 0.05) is 36.4 Å². The van der Waals surface area contributed by atoms with E-state index in [1.54, 1.807) is 19.2 Å². The van der Waals surface area contributed by atoms with E-state index >= 15 is 0 Å². The van der Waals surface area contributed by atoms with Gasteiger partial charge in [-0.3, -0.25) is 5.32 Å². The number of anilines is 2. The van der Waals surface area contributed by atoms with E-state index in [-0.39, 0.29) is 28.5 Å². The van der Waals surface area contributed by atoms with Gasteiger partial charge in [0.25, 0.3) is 0 Å². The van der Waals surface area contributed by atoms with Gasteiger partial charge in [-0.25, -0.2) is 24.1 Å². The molecule has 0 aliphatic rings. The molecule has 3 aromatic heterocycles. The summed E-state index contributed by atoms with van der Waals surface area (Å²) in [5, 5.41) is 9.40. The van der Waals surface area contributed by atoms with Crippen molar-refractivity contribution in [2.75, 3.05) is 31.0 Å². The third kappa shape index (κ3) is 6.02. The zero-order valence-electron chi connectivity index (χ0n) is 20.2. The molecule has 0 spiro atoms. The van der Waals surface area contributed by atoms with E-state index in [1.807, 2.05) is 20.8 Å². The maximum absolute atomic E-state index is 14.8. The Balaban J connectivity index is 1.45. The van der Waals surface area contributed by atoms with Crippen LogP contribution in [0.1, 0.15) is 26.5 Å². The molecule has 188 valence electrons. The van der Waals surface area contributed by atoms with Crippen LogP contribution < -0.4 is 20.1 Å². The van der Waals surface area contributed by atoms with Gasteiger partial charge in [-0.15, -0.1) is 0 Å². The van der Waals surface area contributed by atoms with Crippen LogP contribution in [0.2, 0.25) is 0 Å². The Kier molecular flexibility index (Phi) is 7.25. The largest absolute Gasteiger partial charge is 0.475 e. The zero-order valence-corrected chi connectivity index (χ0v) is 20.2. The number of carbonyl (C=O) groups excluding carboxylic acids is 1. The number of methoxy groups -OCH3 is 1. The Morgan fingerprint density at radius 1 is 1.08 bits per heavy atom. The van der Waals surface area contributed by atoms with E-state index in [2.05, 4.69) is 30.7 Å². The molecule has 0 radical (unpaired) electrons. The van der Waals surface area contributed by atoms with Crippen LogP contribution in [0.15, 0.2) is 47.4 Å². The lowest BCUT2D eigenvalue weighted by molar-refractivity contribution is 0.144. The lowest BCUT2D eigenvalue weighted by Crippen LogP contribution is -2.19. The number of nitrogens with one attached hydrogen (secondary N) is 2. The minimum atomic E-state index is -0.707. The van der Waals surface area contributed by atoms with Gasteiger partial charge < -0.3 is 24.1 Å². The molecule has 0 saturated heterocycles. The van der Waals surface area contributed by atoms with Crippen LogP contribution in [0, 0.1) is 5.82 Å². The normalized spacial score (nSPS) is 11.4.